The van der Waals surface area contributed by atoms with E-state index in [-0.39, 0.29) is 24.0 Å². The molecule has 1 rings (SSSR count). The van der Waals surface area contributed by atoms with Crippen molar-refractivity contribution in [1.82, 2.24) is 20.5 Å². The number of likely N-dealkylation sites (N-methyl/N-ethyl adjacent to an activating group) is 1. The molecule has 1 heterocycles. The highest BCUT2D eigenvalue weighted by Crippen LogP contribution is 2.09. The van der Waals surface area contributed by atoms with Crippen molar-refractivity contribution in [2.24, 2.45) is 4.99 Å². The molecule has 0 aliphatic carbocycles. The minimum Gasteiger partial charge on any atom is -0.481 e. The SMILES string of the molecule is CCNC(=NCc1ccnc(OC)c1)NCCN(C)CCCOC.I. The van der Waals surface area contributed by atoms with Gasteiger partial charge in [0.25, 0.3) is 0 Å². The summed E-state index contributed by atoms with van der Waals surface area (Å²) >= 11 is 0. The Morgan fingerprint density at radius 3 is 2.76 bits per heavy atom. The number of rotatable bonds is 11. The minimum atomic E-state index is 0. The van der Waals surface area contributed by atoms with Crippen molar-refractivity contribution in [2.45, 2.75) is 19.9 Å². The molecule has 0 aliphatic heterocycles. The van der Waals surface area contributed by atoms with Gasteiger partial charge in [0, 0.05) is 52.2 Å². The van der Waals surface area contributed by atoms with E-state index in [9.17, 15) is 0 Å². The summed E-state index contributed by atoms with van der Waals surface area (Å²) in [5.41, 5.74) is 1.07. The molecule has 0 saturated heterocycles. The van der Waals surface area contributed by atoms with Crippen LogP contribution in [0, 0.1) is 0 Å². The third-order valence-electron chi connectivity index (χ3n) is 3.45. The number of nitrogens with one attached hydrogen (secondary N) is 2. The summed E-state index contributed by atoms with van der Waals surface area (Å²) < 4.78 is 10.2. The van der Waals surface area contributed by atoms with Crippen LogP contribution in [0.5, 0.6) is 5.88 Å². The average molecular weight is 465 g/mol. The molecule has 7 nitrogen and oxygen atoms in total. The molecular formula is C17H32IN5O2. The van der Waals surface area contributed by atoms with Crippen LogP contribution < -0.4 is 15.4 Å². The second-order valence-electron chi connectivity index (χ2n) is 5.48. The maximum absolute atomic E-state index is 5.14. The van der Waals surface area contributed by atoms with Gasteiger partial charge in [-0.3, -0.25) is 0 Å². The largest absolute Gasteiger partial charge is 0.481 e. The van der Waals surface area contributed by atoms with Crippen LogP contribution in [0.2, 0.25) is 0 Å². The van der Waals surface area contributed by atoms with Crippen LogP contribution in [-0.4, -0.2) is 69.9 Å². The summed E-state index contributed by atoms with van der Waals surface area (Å²) in [6.07, 6.45) is 2.78. The second kappa shape index (κ2) is 15.2. The molecule has 0 atom stereocenters. The molecule has 0 unspecified atom stereocenters. The maximum atomic E-state index is 5.14. The lowest BCUT2D eigenvalue weighted by Crippen LogP contribution is -2.41. The Hall–Kier alpha value is -1.13. The number of pyridine rings is 1. The molecule has 0 aliphatic rings. The first kappa shape index (κ1) is 23.9. The van der Waals surface area contributed by atoms with Crippen LogP contribution in [0.15, 0.2) is 23.3 Å². The zero-order valence-electron chi connectivity index (χ0n) is 15.7. The highest BCUT2D eigenvalue weighted by atomic mass is 127. The normalized spacial score (nSPS) is 11.2. The standard InChI is InChI=1S/C17H31N5O2.HI/c1-5-18-17(20-9-11-22(2)10-6-12-23-3)21-14-15-7-8-19-16(13-15)24-4;/h7-8,13H,5-6,9-12,14H2,1-4H3,(H2,18,20,21);1H. The lowest BCUT2D eigenvalue weighted by atomic mass is 10.3. The summed E-state index contributed by atoms with van der Waals surface area (Å²) in [4.78, 5) is 11.0. The Labute approximate surface area is 168 Å². The van der Waals surface area contributed by atoms with Crippen LogP contribution in [0.3, 0.4) is 0 Å². The Morgan fingerprint density at radius 2 is 2.08 bits per heavy atom. The third-order valence-corrected chi connectivity index (χ3v) is 3.45. The number of halogens is 1. The first-order valence-electron chi connectivity index (χ1n) is 8.38. The van der Waals surface area contributed by atoms with Crippen molar-refractivity contribution in [1.29, 1.82) is 0 Å². The molecule has 0 aromatic carbocycles. The minimum absolute atomic E-state index is 0. The van der Waals surface area contributed by atoms with Gasteiger partial charge in [-0.15, -0.1) is 24.0 Å². The van der Waals surface area contributed by atoms with Crippen molar-refractivity contribution in [3.63, 3.8) is 0 Å². The van der Waals surface area contributed by atoms with E-state index in [2.05, 4.69) is 39.5 Å². The highest BCUT2D eigenvalue weighted by molar-refractivity contribution is 14.0. The van der Waals surface area contributed by atoms with Gasteiger partial charge in [0.2, 0.25) is 5.88 Å². The van der Waals surface area contributed by atoms with Crippen molar-refractivity contribution < 1.29 is 9.47 Å². The van der Waals surface area contributed by atoms with Gasteiger partial charge >= 0.3 is 0 Å². The number of guanidine groups is 1. The van der Waals surface area contributed by atoms with Gasteiger partial charge in [-0.1, -0.05) is 0 Å². The topological polar surface area (TPSA) is 71.0 Å². The van der Waals surface area contributed by atoms with E-state index in [1.54, 1.807) is 20.4 Å². The Kier molecular flexibility index (Phi) is 14.5. The van der Waals surface area contributed by atoms with Gasteiger partial charge in [-0.2, -0.15) is 0 Å². The van der Waals surface area contributed by atoms with Gasteiger partial charge in [0.1, 0.15) is 0 Å². The smallest absolute Gasteiger partial charge is 0.213 e. The summed E-state index contributed by atoms with van der Waals surface area (Å²) in [6.45, 7) is 7.10. The summed E-state index contributed by atoms with van der Waals surface area (Å²) in [5.74, 6) is 1.43. The molecule has 2 N–H and O–H groups in total. The monoisotopic (exact) mass is 465 g/mol. The number of aliphatic imine (C=N–C) groups is 1. The predicted octanol–water partition coefficient (Wildman–Crippen LogP) is 1.73. The molecule has 0 spiro atoms. The number of hydrogen-bond acceptors (Lipinski definition) is 5. The Bertz CT molecular complexity index is 488. The lowest BCUT2D eigenvalue weighted by Gasteiger charge is -2.18. The quantitative estimate of drug-likeness (QED) is 0.225. The lowest BCUT2D eigenvalue weighted by molar-refractivity contribution is 0.180. The molecule has 8 heteroatoms. The van der Waals surface area contributed by atoms with E-state index < -0.39 is 0 Å². The fourth-order valence-electron chi connectivity index (χ4n) is 2.13. The second-order valence-corrected chi connectivity index (χ2v) is 5.48. The van der Waals surface area contributed by atoms with Crippen LogP contribution in [0.25, 0.3) is 0 Å². The van der Waals surface area contributed by atoms with E-state index in [1.807, 2.05) is 12.1 Å². The number of aromatic nitrogens is 1. The first-order chi connectivity index (χ1) is 11.7. The van der Waals surface area contributed by atoms with Crippen LogP contribution in [0.1, 0.15) is 18.9 Å². The summed E-state index contributed by atoms with van der Waals surface area (Å²) in [6, 6.07) is 3.84. The maximum Gasteiger partial charge on any atom is 0.213 e. The Morgan fingerprint density at radius 1 is 1.28 bits per heavy atom. The van der Waals surface area contributed by atoms with Crippen LogP contribution in [-0.2, 0) is 11.3 Å². The van der Waals surface area contributed by atoms with Gasteiger partial charge in [-0.05, 0) is 32.0 Å². The predicted molar refractivity (Wildman–Crippen MR) is 113 cm³/mol. The van der Waals surface area contributed by atoms with Crippen molar-refractivity contribution >= 4 is 29.9 Å². The fraction of sp³-hybridized carbons (Fsp3) is 0.647. The number of hydrogen-bond donors (Lipinski definition) is 2. The highest BCUT2D eigenvalue weighted by Gasteiger charge is 2.01. The zero-order chi connectivity index (χ0) is 17.6. The molecule has 1 aromatic rings. The number of methoxy groups -OCH3 is 2. The molecule has 0 bridgehead atoms. The number of nitrogens with zero attached hydrogens (tertiary/aromatic N) is 3. The molecule has 144 valence electrons. The summed E-state index contributed by atoms with van der Waals surface area (Å²) in [7, 11) is 5.47. The van der Waals surface area contributed by atoms with Crippen LogP contribution in [0.4, 0.5) is 0 Å². The van der Waals surface area contributed by atoms with E-state index in [0.717, 1.165) is 50.7 Å². The molecule has 1 aromatic heterocycles. The van der Waals surface area contributed by atoms with Gasteiger partial charge < -0.3 is 25.0 Å². The Balaban J connectivity index is 0.00000576. The van der Waals surface area contributed by atoms with E-state index in [1.165, 1.54) is 0 Å². The fourth-order valence-corrected chi connectivity index (χ4v) is 2.13. The molecule has 0 saturated carbocycles. The third kappa shape index (κ3) is 11.2. The van der Waals surface area contributed by atoms with E-state index in [4.69, 9.17) is 9.47 Å². The molecule has 0 radical (unpaired) electrons. The molecule has 0 amide bonds. The van der Waals surface area contributed by atoms with Gasteiger partial charge in [0.15, 0.2) is 5.96 Å². The van der Waals surface area contributed by atoms with Crippen molar-refractivity contribution in [3.8, 4) is 5.88 Å². The van der Waals surface area contributed by atoms with Crippen molar-refractivity contribution in [2.75, 3.05) is 54.1 Å². The van der Waals surface area contributed by atoms with E-state index >= 15 is 0 Å². The van der Waals surface area contributed by atoms with Gasteiger partial charge in [0.05, 0.1) is 13.7 Å². The first-order valence-corrected chi connectivity index (χ1v) is 8.38. The zero-order valence-corrected chi connectivity index (χ0v) is 18.1. The van der Waals surface area contributed by atoms with E-state index in [0.29, 0.717) is 12.4 Å². The molecule has 0 fully saturated rings. The molecule has 25 heavy (non-hydrogen) atoms. The van der Waals surface area contributed by atoms with Gasteiger partial charge in [-0.25, -0.2) is 9.98 Å². The number of ether oxygens (including phenoxy) is 2. The van der Waals surface area contributed by atoms with Crippen LogP contribution >= 0.6 is 24.0 Å². The molecular weight excluding hydrogens is 433 g/mol. The average Bonchev–Trinajstić information content (AvgIpc) is 2.60. The summed E-state index contributed by atoms with van der Waals surface area (Å²) in [5, 5.41) is 6.62. The van der Waals surface area contributed by atoms with Crippen molar-refractivity contribution in [3.05, 3.63) is 23.9 Å².